The zero-order valence-electron chi connectivity index (χ0n) is 17.9. The number of furan rings is 1. The van der Waals surface area contributed by atoms with Crippen molar-refractivity contribution in [3.8, 4) is 11.5 Å². The van der Waals surface area contributed by atoms with Gasteiger partial charge in [-0.1, -0.05) is 28.1 Å². The number of hydrogen-bond acceptors (Lipinski definition) is 6. The Bertz CT molecular complexity index is 1450. The van der Waals surface area contributed by atoms with Gasteiger partial charge in [0, 0.05) is 15.5 Å². The first-order valence-corrected chi connectivity index (χ1v) is 11.1. The van der Waals surface area contributed by atoms with Gasteiger partial charge >= 0.3 is 0 Å². The van der Waals surface area contributed by atoms with Crippen LogP contribution in [-0.4, -0.2) is 29.0 Å². The lowest BCUT2D eigenvalue weighted by atomic mass is 9.94. The molecule has 0 fully saturated rings. The summed E-state index contributed by atoms with van der Waals surface area (Å²) >= 11 is 3.40. The van der Waals surface area contributed by atoms with Crippen LogP contribution in [0.3, 0.4) is 0 Å². The van der Waals surface area contributed by atoms with E-state index in [4.69, 9.17) is 9.15 Å². The van der Waals surface area contributed by atoms with Gasteiger partial charge in [-0.15, -0.1) is 0 Å². The molecule has 2 N–H and O–H groups in total. The van der Waals surface area contributed by atoms with Gasteiger partial charge in [-0.05, 0) is 66.2 Å². The SMILES string of the molecule is COc1ccc(N2C(=O)C(O)=C(C(=O)c3cc4cc(Br)ccc4o3)C2c2ccc(O)cc2)cc1. The largest absolute Gasteiger partial charge is 0.508 e. The molecular weight excluding hydrogens is 502 g/mol. The Morgan fingerprint density at radius 1 is 1.00 bits per heavy atom. The summed E-state index contributed by atoms with van der Waals surface area (Å²) in [5.41, 5.74) is 1.40. The van der Waals surface area contributed by atoms with E-state index in [-0.39, 0.29) is 17.1 Å². The monoisotopic (exact) mass is 519 g/mol. The molecular formula is C26H18BrNO6. The number of fused-ring (bicyclic) bond motifs is 1. The van der Waals surface area contributed by atoms with Crippen LogP contribution >= 0.6 is 15.9 Å². The molecule has 0 spiro atoms. The van der Waals surface area contributed by atoms with Crippen molar-refractivity contribution in [3.05, 3.63) is 99.9 Å². The summed E-state index contributed by atoms with van der Waals surface area (Å²) in [6, 6.07) is 18.8. The molecule has 0 aliphatic carbocycles. The van der Waals surface area contributed by atoms with E-state index in [9.17, 15) is 19.8 Å². The number of aromatic hydroxyl groups is 1. The maximum absolute atomic E-state index is 13.6. The van der Waals surface area contributed by atoms with E-state index in [0.717, 1.165) is 4.47 Å². The molecule has 1 aromatic heterocycles. The number of halogens is 1. The number of carbonyl (C=O) groups excluding carboxylic acids is 2. The van der Waals surface area contributed by atoms with Crippen LogP contribution in [0.4, 0.5) is 5.69 Å². The number of amides is 1. The van der Waals surface area contributed by atoms with Crippen molar-refractivity contribution in [1.29, 1.82) is 0 Å². The second kappa shape index (κ2) is 8.39. The van der Waals surface area contributed by atoms with Gasteiger partial charge in [0.05, 0.1) is 18.7 Å². The van der Waals surface area contributed by atoms with E-state index in [1.807, 2.05) is 6.07 Å². The molecule has 34 heavy (non-hydrogen) atoms. The number of anilines is 1. The average Bonchev–Trinajstić information content (AvgIpc) is 3.38. The number of ether oxygens (including phenoxy) is 1. The second-order valence-electron chi connectivity index (χ2n) is 7.75. The molecule has 2 heterocycles. The molecule has 5 rings (SSSR count). The molecule has 3 aromatic carbocycles. The second-order valence-corrected chi connectivity index (χ2v) is 8.67. The molecule has 1 unspecified atom stereocenters. The van der Waals surface area contributed by atoms with E-state index >= 15 is 0 Å². The lowest BCUT2D eigenvalue weighted by Gasteiger charge is -2.27. The zero-order chi connectivity index (χ0) is 24.0. The van der Waals surface area contributed by atoms with Crippen LogP contribution in [0.5, 0.6) is 11.5 Å². The number of ketones is 1. The quantitative estimate of drug-likeness (QED) is 0.328. The highest BCUT2D eigenvalue weighted by atomic mass is 79.9. The highest BCUT2D eigenvalue weighted by Crippen LogP contribution is 2.43. The Morgan fingerprint density at radius 3 is 2.38 bits per heavy atom. The summed E-state index contributed by atoms with van der Waals surface area (Å²) in [4.78, 5) is 28.2. The van der Waals surface area contributed by atoms with Gasteiger partial charge in [0.25, 0.3) is 5.91 Å². The fraction of sp³-hybridized carbons (Fsp3) is 0.0769. The lowest BCUT2D eigenvalue weighted by molar-refractivity contribution is -0.117. The summed E-state index contributed by atoms with van der Waals surface area (Å²) in [5, 5.41) is 21.3. The minimum absolute atomic E-state index is 0.00260. The van der Waals surface area contributed by atoms with Crippen molar-refractivity contribution in [2.24, 2.45) is 0 Å². The highest BCUT2D eigenvalue weighted by Gasteiger charge is 2.45. The minimum Gasteiger partial charge on any atom is -0.508 e. The molecule has 1 aliphatic rings. The first-order chi connectivity index (χ1) is 16.4. The molecule has 170 valence electrons. The standard InChI is InChI=1S/C26H18BrNO6/c1-33-19-9-5-17(6-10-19)28-23(14-2-7-18(29)8-3-14)22(25(31)26(28)32)24(30)21-13-15-12-16(27)4-11-20(15)34-21/h2-13,23,29,31H,1H3. The van der Waals surface area contributed by atoms with Gasteiger partial charge in [0.2, 0.25) is 5.78 Å². The normalized spacial score (nSPS) is 15.9. The number of phenolic OH excluding ortho intramolecular Hbond substituents is 1. The molecule has 0 saturated carbocycles. The third-order valence-electron chi connectivity index (χ3n) is 5.71. The van der Waals surface area contributed by atoms with Crippen LogP contribution in [0.1, 0.15) is 22.2 Å². The molecule has 0 radical (unpaired) electrons. The highest BCUT2D eigenvalue weighted by molar-refractivity contribution is 9.10. The number of aliphatic hydroxyl groups excluding tert-OH is 1. The van der Waals surface area contributed by atoms with E-state index in [1.165, 1.54) is 24.1 Å². The third kappa shape index (κ3) is 3.62. The fourth-order valence-corrected chi connectivity index (χ4v) is 4.46. The van der Waals surface area contributed by atoms with Crippen molar-refractivity contribution in [2.45, 2.75) is 6.04 Å². The van der Waals surface area contributed by atoms with Crippen molar-refractivity contribution >= 4 is 44.3 Å². The molecule has 8 heteroatoms. The number of hydrogen-bond donors (Lipinski definition) is 2. The summed E-state index contributed by atoms with van der Waals surface area (Å²) in [5.74, 6) is -1.34. The fourth-order valence-electron chi connectivity index (χ4n) is 4.08. The number of benzene rings is 3. The predicted octanol–water partition coefficient (Wildman–Crippen LogP) is 5.69. The van der Waals surface area contributed by atoms with Gasteiger partial charge in [0.1, 0.15) is 17.1 Å². The van der Waals surface area contributed by atoms with Gasteiger partial charge in [-0.3, -0.25) is 14.5 Å². The Morgan fingerprint density at radius 2 is 1.71 bits per heavy atom. The minimum atomic E-state index is -0.936. The molecule has 7 nitrogen and oxygen atoms in total. The van der Waals surface area contributed by atoms with Crippen molar-refractivity contribution in [3.63, 3.8) is 0 Å². The first-order valence-electron chi connectivity index (χ1n) is 10.3. The van der Waals surface area contributed by atoms with Gasteiger partial charge in [-0.25, -0.2) is 0 Å². The van der Waals surface area contributed by atoms with E-state index in [2.05, 4.69) is 15.9 Å². The van der Waals surface area contributed by atoms with E-state index in [0.29, 0.717) is 28.0 Å². The van der Waals surface area contributed by atoms with Crippen LogP contribution in [0.25, 0.3) is 11.0 Å². The number of nitrogens with zero attached hydrogens (tertiary/aromatic N) is 1. The van der Waals surface area contributed by atoms with Crippen LogP contribution in [-0.2, 0) is 4.79 Å². The third-order valence-corrected chi connectivity index (χ3v) is 6.21. The maximum Gasteiger partial charge on any atom is 0.294 e. The molecule has 1 amide bonds. The van der Waals surface area contributed by atoms with Crippen LogP contribution in [0.2, 0.25) is 0 Å². The zero-order valence-corrected chi connectivity index (χ0v) is 19.4. The number of Topliss-reactive ketones (excluding diaryl/α,β-unsaturated/α-hetero) is 1. The predicted molar refractivity (Wildman–Crippen MR) is 129 cm³/mol. The summed E-state index contributed by atoms with van der Waals surface area (Å²) in [6.07, 6.45) is 0. The van der Waals surface area contributed by atoms with Gasteiger partial charge in [0.15, 0.2) is 11.5 Å². The van der Waals surface area contributed by atoms with Crippen molar-refractivity contribution in [1.82, 2.24) is 0 Å². The molecule has 0 bridgehead atoms. The summed E-state index contributed by atoms with van der Waals surface area (Å²) in [7, 11) is 1.53. The van der Waals surface area contributed by atoms with Gasteiger partial charge in [-0.2, -0.15) is 0 Å². The van der Waals surface area contributed by atoms with Crippen molar-refractivity contribution < 1.29 is 29.0 Å². The molecule has 4 aromatic rings. The average molecular weight is 520 g/mol. The smallest absolute Gasteiger partial charge is 0.294 e. The Balaban J connectivity index is 1.64. The lowest BCUT2D eigenvalue weighted by Crippen LogP contribution is -2.31. The summed E-state index contributed by atoms with van der Waals surface area (Å²) < 4.78 is 11.8. The number of rotatable bonds is 5. The molecule has 1 aliphatic heterocycles. The molecule has 0 saturated heterocycles. The topological polar surface area (TPSA) is 100 Å². The number of phenols is 1. The first kappa shape index (κ1) is 21.8. The number of carbonyl (C=O) groups is 2. The van der Waals surface area contributed by atoms with E-state index < -0.39 is 23.5 Å². The Hall–Kier alpha value is -4.04. The van der Waals surface area contributed by atoms with Crippen LogP contribution in [0.15, 0.2) is 93.0 Å². The van der Waals surface area contributed by atoms with Crippen LogP contribution < -0.4 is 9.64 Å². The Labute approximate surface area is 202 Å². The number of aliphatic hydroxyl groups is 1. The maximum atomic E-state index is 13.6. The van der Waals surface area contributed by atoms with Gasteiger partial charge < -0.3 is 19.4 Å². The summed E-state index contributed by atoms with van der Waals surface area (Å²) in [6.45, 7) is 0. The van der Waals surface area contributed by atoms with Crippen LogP contribution in [0, 0.1) is 0 Å². The number of methoxy groups -OCH3 is 1. The van der Waals surface area contributed by atoms with Crippen molar-refractivity contribution in [2.75, 3.05) is 12.0 Å². The molecule has 1 atom stereocenters. The Kier molecular flexibility index (Phi) is 5.37. The van der Waals surface area contributed by atoms with E-state index in [1.54, 1.807) is 54.6 Å².